The Morgan fingerprint density at radius 1 is 0.962 bits per heavy atom. The van der Waals surface area contributed by atoms with Crippen molar-refractivity contribution in [2.24, 2.45) is 5.73 Å². The quantitative estimate of drug-likeness (QED) is 0.584. The second-order valence-corrected chi connectivity index (χ2v) is 5.80. The molecule has 3 N–H and O–H groups in total. The summed E-state index contributed by atoms with van der Waals surface area (Å²) in [5.41, 5.74) is 4.15. The zero-order valence-electron chi connectivity index (χ0n) is 12.5. The fourth-order valence-electron chi connectivity index (χ4n) is 2.19. The topological polar surface area (TPSA) is 55.5 Å². The second kappa shape index (κ2) is 7.93. The molecule has 2 aromatic carbocycles. The summed E-state index contributed by atoms with van der Waals surface area (Å²) in [6.45, 7) is 0. The highest BCUT2D eigenvalue weighted by molar-refractivity contribution is 9.10. The first-order valence-electron chi connectivity index (χ1n) is 6.60. The van der Waals surface area contributed by atoms with Gasteiger partial charge in [0, 0.05) is 5.56 Å². The van der Waals surface area contributed by atoms with Gasteiger partial charge < -0.3 is 15.6 Å². The van der Waals surface area contributed by atoms with Crippen molar-refractivity contribution in [3.05, 3.63) is 57.6 Å². The SMILES string of the molecule is Cl.N[C@@H](c1ccc(OC(F)(F)F)cc1)c1c(C(F)(F)F)ccc(Br)c1O. The van der Waals surface area contributed by atoms with E-state index in [1.807, 2.05) is 0 Å². The van der Waals surface area contributed by atoms with E-state index in [0.717, 1.165) is 36.4 Å². The molecule has 0 aliphatic carbocycles. The van der Waals surface area contributed by atoms with Gasteiger partial charge >= 0.3 is 12.5 Å². The summed E-state index contributed by atoms with van der Waals surface area (Å²) in [5, 5.41) is 9.98. The second-order valence-electron chi connectivity index (χ2n) is 4.95. The Bertz CT molecular complexity index is 764. The zero-order chi connectivity index (χ0) is 19.0. The number of hydrogen-bond acceptors (Lipinski definition) is 3. The van der Waals surface area contributed by atoms with Gasteiger partial charge in [0.25, 0.3) is 0 Å². The summed E-state index contributed by atoms with van der Waals surface area (Å²) in [4.78, 5) is 0. The Balaban J connectivity index is 0.00000338. The number of rotatable bonds is 3. The van der Waals surface area contributed by atoms with Crippen LogP contribution in [0, 0.1) is 0 Å². The number of nitrogens with two attached hydrogens (primary N) is 1. The van der Waals surface area contributed by atoms with Gasteiger partial charge in [0.05, 0.1) is 16.1 Å². The predicted octanol–water partition coefficient (Wildman–Crippen LogP) is 5.54. The molecule has 144 valence electrons. The van der Waals surface area contributed by atoms with Crippen LogP contribution in [0.2, 0.25) is 0 Å². The molecule has 1 atom stereocenters. The van der Waals surface area contributed by atoms with E-state index in [4.69, 9.17) is 5.73 Å². The zero-order valence-corrected chi connectivity index (χ0v) is 14.9. The maximum atomic E-state index is 13.2. The highest BCUT2D eigenvalue weighted by Crippen LogP contribution is 2.43. The van der Waals surface area contributed by atoms with Gasteiger partial charge in [0.2, 0.25) is 0 Å². The first-order valence-corrected chi connectivity index (χ1v) is 7.39. The molecule has 0 radical (unpaired) electrons. The number of halogens is 8. The fraction of sp³-hybridized carbons (Fsp3) is 0.200. The first-order chi connectivity index (χ1) is 11.4. The smallest absolute Gasteiger partial charge is 0.506 e. The summed E-state index contributed by atoms with van der Waals surface area (Å²) in [6, 6.07) is 4.37. The third kappa shape index (κ3) is 5.18. The van der Waals surface area contributed by atoms with E-state index in [2.05, 4.69) is 20.7 Å². The van der Waals surface area contributed by atoms with E-state index in [1.165, 1.54) is 0 Å². The van der Waals surface area contributed by atoms with Crippen molar-refractivity contribution in [3.8, 4) is 11.5 Å². The molecule has 0 spiro atoms. The summed E-state index contributed by atoms with van der Waals surface area (Å²) in [6.07, 6.45) is -9.67. The minimum Gasteiger partial charge on any atom is -0.506 e. The van der Waals surface area contributed by atoms with Crippen LogP contribution in [0.1, 0.15) is 22.7 Å². The average molecular weight is 467 g/mol. The number of alkyl halides is 6. The van der Waals surface area contributed by atoms with Gasteiger partial charge in [-0.1, -0.05) is 12.1 Å². The molecule has 3 nitrogen and oxygen atoms in total. The normalized spacial score (nSPS) is 13.1. The van der Waals surface area contributed by atoms with Crippen molar-refractivity contribution in [1.29, 1.82) is 0 Å². The molecule has 0 saturated carbocycles. The molecule has 0 saturated heterocycles. The van der Waals surface area contributed by atoms with Crippen molar-refractivity contribution in [2.75, 3.05) is 0 Å². The lowest BCUT2D eigenvalue weighted by atomic mass is 9.94. The molecule has 0 unspecified atom stereocenters. The van der Waals surface area contributed by atoms with E-state index in [1.54, 1.807) is 0 Å². The highest BCUT2D eigenvalue weighted by Gasteiger charge is 2.37. The van der Waals surface area contributed by atoms with Gasteiger partial charge in [-0.3, -0.25) is 0 Å². The maximum Gasteiger partial charge on any atom is 0.573 e. The Morgan fingerprint density at radius 3 is 1.96 bits per heavy atom. The van der Waals surface area contributed by atoms with E-state index in [9.17, 15) is 31.4 Å². The standard InChI is InChI=1S/C15H10BrF6NO2.ClH/c16-10-6-5-9(14(17,18)19)11(13(10)24)12(23)7-1-3-8(4-2-7)25-15(20,21)22;/h1-6,12,24H,23H2;1H/t12-;/m0./s1. The van der Waals surface area contributed by atoms with Crippen LogP contribution in [0.25, 0.3) is 0 Å². The molecule has 2 rings (SSSR count). The van der Waals surface area contributed by atoms with Crippen molar-refractivity contribution in [3.63, 3.8) is 0 Å². The van der Waals surface area contributed by atoms with Gasteiger partial charge in [-0.15, -0.1) is 25.6 Å². The van der Waals surface area contributed by atoms with E-state index in [-0.39, 0.29) is 22.4 Å². The first kappa shape index (κ1) is 22.4. The highest BCUT2D eigenvalue weighted by atomic mass is 79.9. The van der Waals surface area contributed by atoms with Crippen LogP contribution < -0.4 is 10.5 Å². The Morgan fingerprint density at radius 2 is 1.50 bits per heavy atom. The van der Waals surface area contributed by atoms with Crippen LogP contribution in [-0.4, -0.2) is 11.5 Å². The number of hydrogen-bond donors (Lipinski definition) is 2. The van der Waals surface area contributed by atoms with Crippen LogP contribution in [0.5, 0.6) is 11.5 Å². The lowest BCUT2D eigenvalue weighted by molar-refractivity contribution is -0.274. The molecule has 26 heavy (non-hydrogen) atoms. The molecule has 0 fully saturated rings. The predicted molar refractivity (Wildman–Crippen MR) is 87.2 cm³/mol. The summed E-state index contributed by atoms with van der Waals surface area (Å²) < 4.78 is 79.6. The third-order valence-corrected chi connectivity index (χ3v) is 3.90. The number of aromatic hydroxyl groups is 1. The molecule has 0 bridgehead atoms. The van der Waals surface area contributed by atoms with Crippen LogP contribution in [0.3, 0.4) is 0 Å². The Kier molecular flexibility index (Phi) is 6.83. The number of phenols is 1. The minimum atomic E-state index is -4.89. The minimum absolute atomic E-state index is 0. The molecule has 11 heteroatoms. The van der Waals surface area contributed by atoms with Gasteiger partial charge in [-0.25, -0.2) is 0 Å². The van der Waals surface area contributed by atoms with Crippen molar-refractivity contribution < 1.29 is 36.2 Å². The lowest BCUT2D eigenvalue weighted by Crippen LogP contribution is -2.19. The molecule has 0 aliphatic rings. The Labute approximate surface area is 158 Å². The molecule has 0 aliphatic heterocycles. The number of benzene rings is 2. The van der Waals surface area contributed by atoms with Crippen LogP contribution >= 0.6 is 28.3 Å². The van der Waals surface area contributed by atoms with Crippen LogP contribution in [0.15, 0.2) is 40.9 Å². The van der Waals surface area contributed by atoms with Crippen LogP contribution in [-0.2, 0) is 6.18 Å². The molecular weight excluding hydrogens is 456 g/mol. The summed E-state index contributed by atoms with van der Waals surface area (Å²) in [5.74, 6) is -1.24. The maximum absolute atomic E-state index is 13.2. The molecule has 2 aromatic rings. The van der Waals surface area contributed by atoms with Crippen molar-refractivity contribution in [1.82, 2.24) is 0 Å². The van der Waals surface area contributed by atoms with Gasteiger partial charge in [0.1, 0.15) is 11.5 Å². The van der Waals surface area contributed by atoms with E-state index < -0.39 is 41.2 Å². The third-order valence-electron chi connectivity index (χ3n) is 3.26. The van der Waals surface area contributed by atoms with Gasteiger partial charge in [-0.05, 0) is 45.8 Å². The molecule has 0 heterocycles. The largest absolute Gasteiger partial charge is 0.573 e. The molecule has 0 amide bonds. The Hall–Kier alpha value is -1.65. The average Bonchev–Trinajstić information content (AvgIpc) is 2.47. The monoisotopic (exact) mass is 465 g/mol. The summed E-state index contributed by atoms with van der Waals surface area (Å²) in [7, 11) is 0. The van der Waals surface area contributed by atoms with E-state index in [0.29, 0.717) is 0 Å². The van der Waals surface area contributed by atoms with Crippen LogP contribution in [0.4, 0.5) is 26.3 Å². The number of phenolic OH excluding ortho intramolecular Hbond substituents is 1. The van der Waals surface area contributed by atoms with Crippen molar-refractivity contribution >= 4 is 28.3 Å². The fourth-order valence-corrected chi connectivity index (χ4v) is 2.53. The summed E-state index contributed by atoms with van der Waals surface area (Å²) >= 11 is 2.91. The molecular formula is C15H11BrClF6NO2. The van der Waals surface area contributed by atoms with Gasteiger partial charge in [0.15, 0.2) is 0 Å². The lowest BCUT2D eigenvalue weighted by Gasteiger charge is -2.21. The van der Waals surface area contributed by atoms with E-state index >= 15 is 0 Å². The van der Waals surface area contributed by atoms with Gasteiger partial charge in [-0.2, -0.15) is 13.2 Å². The molecule has 0 aromatic heterocycles. The van der Waals surface area contributed by atoms with Crippen molar-refractivity contribution in [2.45, 2.75) is 18.6 Å². The number of ether oxygens (including phenoxy) is 1.